The molecule has 5 rings (SSSR count). The molecular weight excluding hydrogens is 474 g/mol. The Balaban J connectivity index is 1.59. The molecule has 9 heteroatoms. The predicted molar refractivity (Wildman–Crippen MR) is 129 cm³/mol. The normalized spacial score (nSPS) is 11.1. The lowest BCUT2D eigenvalue weighted by atomic mass is 10.0. The van der Waals surface area contributed by atoms with Gasteiger partial charge in [-0.2, -0.15) is 0 Å². The number of ether oxygens (including phenoxy) is 1. The van der Waals surface area contributed by atoms with Crippen LogP contribution in [-0.2, 0) is 13.6 Å². The number of fused-ring (bicyclic) bond motifs is 1. The quantitative estimate of drug-likeness (QED) is 0.266. The number of anilines is 1. The van der Waals surface area contributed by atoms with Gasteiger partial charge in [-0.25, -0.2) is 17.6 Å². The van der Waals surface area contributed by atoms with Gasteiger partial charge in [0.25, 0.3) is 5.56 Å². The molecule has 36 heavy (non-hydrogen) atoms. The van der Waals surface area contributed by atoms with Gasteiger partial charge in [0.05, 0.1) is 0 Å². The van der Waals surface area contributed by atoms with Crippen LogP contribution in [-0.4, -0.2) is 9.55 Å². The second kappa shape index (κ2) is 9.26. The van der Waals surface area contributed by atoms with Crippen LogP contribution in [0, 0.1) is 23.3 Å². The van der Waals surface area contributed by atoms with Crippen molar-refractivity contribution >= 4 is 16.6 Å². The minimum atomic E-state index is -0.883. The molecule has 0 amide bonds. The molecule has 2 N–H and O–H groups in total. The number of pyridine rings is 1. The fraction of sp³-hybridized carbons (Fsp3) is 0.0741. The molecule has 0 spiro atoms. The van der Waals surface area contributed by atoms with Crippen LogP contribution in [0.5, 0.6) is 11.5 Å². The highest BCUT2D eigenvalue weighted by atomic mass is 19.1. The first-order valence-corrected chi connectivity index (χ1v) is 10.9. The van der Waals surface area contributed by atoms with Crippen LogP contribution in [0.3, 0.4) is 0 Å². The van der Waals surface area contributed by atoms with E-state index < -0.39 is 23.3 Å². The largest absolute Gasteiger partial charge is 0.454 e. The summed E-state index contributed by atoms with van der Waals surface area (Å²) < 4.78 is 63.1. The van der Waals surface area contributed by atoms with E-state index >= 15 is 0 Å². The van der Waals surface area contributed by atoms with Gasteiger partial charge in [0.15, 0.2) is 11.6 Å². The Morgan fingerprint density at radius 2 is 1.64 bits per heavy atom. The lowest BCUT2D eigenvalue weighted by molar-refractivity contribution is 0.439. The molecule has 0 saturated carbocycles. The number of H-pyrrole nitrogens is 1. The Morgan fingerprint density at radius 3 is 2.39 bits per heavy atom. The first-order chi connectivity index (χ1) is 17.3. The number of hydrogen-bond donors (Lipinski definition) is 2. The van der Waals surface area contributed by atoms with E-state index in [0.717, 1.165) is 6.07 Å². The van der Waals surface area contributed by atoms with Crippen molar-refractivity contribution in [3.63, 3.8) is 0 Å². The van der Waals surface area contributed by atoms with Gasteiger partial charge in [0.1, 0.15) is 28.7 Å². The zero-order valence-electron chi connectivity index (χ0n) is 18.9. The van der Waals surface area contributed by atoms with Gasteiger partial charge in [-0.15, -0.1) is 0 Å². The van der Waals surface area contributed by atoms with Crippen molar-refractivity contribution in [2.45, 2.75) is 6.54 Å². The average Bonchev–Trinajstić information content (AvgIpc) is 3.28. The number of aromatic nitrogens is 2. The molecule has 2 heterocycles. The fourth-order valence-electron chi connectivity index (χ4n) is 3.95. The molecule has 0 unspecified atom stereocenters. The van der Waals surface area contributed by atoms with Crippen molar-refractivity contribution in [1.82, 2.24) is 9.55 Å². The third kappa shape index (κ3) is 4.31. The van der Waals surface area contributed by atoms with Crippen LogP contribution < -0.4 is 15.6 Å². The summed E-state index contributed by atoms with van der Waals surface area (Å²) in [6.45, 7) is -0.126. The molecule has 2 aromatic heterocycles. The van der Waals surface area contributed by atoms with Gasteiger partial charge in [-0.05, 0) is 48.5 Å². The summed E-state index contributed by atoms with van der Waals surface area (Å²) in [5.41, 5.74) is 1.55. The molecule has 0 bridgehead atoms. The Kier molecular flexibility index (Phi) is 5.97. The van der Waals surface area contributed by atoms with Crippen molar-refractivity contribution in [3.8, 4) is 22.6 Å². The minimum Gasteiger partial charge on any atom is -0.454 e. The smallest absolute Gasteiger partial charge is 0.274 e. The maximum atomic E-state index is 14.3. The summed E-state index contributed by atoms with van der Waals surface area (Å²) >= 11 is 0. The number of aromatic amines is 1. The van der Waals surface area contributed by atoms with Crippen LogP contribution in [0.2, 0.25) is 0 Å². The van der Waals surface area contributed by atoms with Crippen LogP contribution in [0.4, 0.5) is 23.2 Å². The third-order valence-corrected chi connectivity index (χ3v) is 5.83. The highest BCUT2D eigenvalue weighted by molar-refractivity contribution is 5.97. The molecule has 0 atom stereocenters. The first kappa shape index (κ1) is 23.2. The number of rotatable bonds is 6. The Labute approximate surface area is 202 Å². The molecule has 5 nitrogen and oxygen atoms in total. The third-order valence-electron chi connectivity index (χ3n) is 5.83. The monoisotopic (exact) mass is 493 g/mol. The van der Waals surface area contributed by atoms with E-state index in [0.29, 0.717) is 33.8 Å². The van der Waals surface area contributed by atoms with Crippen LogP contribution in [0.25, 0.3) is 22.0 Å². The van der Waals surface area contributed by atoms with E-state index in [4.69, 9.17) is 4.74 Å². The van der Waals surface area contributed by atoms with Crippen molar-refractivity contribution in [1.29, 1.82) is 0 Å². The Bertz CT molecular complexity index is 1640. The lowest BCUT2D eigenvalue weighted by Crippen LogP contribution is -2.15. The molecule has 0 fully saturated rings. The molecule has 0 aliphatic carbocycles. The Morgan fingerprint density at radius 1 is 0.889 bits per heavy atom. The SMILES string of the molecule is Cn1ccc2c(-c3cc(NCc4c(F)cccc4F)ccc3Oc3ccc(F)cc3F)c[nH]c2c1=O. The maximum Gasteiger partial charge on any atom is 0.274 e. The van der Waals surface area contributed by atoms with Gasteiger partial charge in [0.2, 0.25) is 0 Å². The van der Waals surface area contributed by atoms with Crippen molar-refractivity contribution in [2.24, 2.45) is 7.05 Å². The molecule has 0 aliphatic rings. The van der Waals surface area contributed by atoms with Crippen molar-refractivity contribution in [2.75, 3.05) is 5.32 Å². The van der Waals surface area contributed by atoms with Crippen LogP contribution >= 0.6 is 0 Å². The molecule has 0 saturated heterocycles. The van der Waals surface area contributed by atoms with Gasteiger partial charge in [0, 0.05) is 59.8 Å². The second-order valence-electron chi connectivity index (χ2n) is 8.16. The second-order valence-corrected chi connectivity index (χ2v) is 8.16. The van der Waals surface area contributed by atoms with E-state index in [1.165, 1.54) is 28.8 Å². The summed E-state index contributed by atoms with van der Waals surface area (Å²) in [5, 5.41) is 3.59. The van der Waals surface area contributed by atoms with E-state index in [1.54, 1.807) is 43.7 Å². The first-order valence-electron chi connectivity index (χ1n) is 10.9. The number of hydrogen-bond acceptors (Lipinski definition) is 3. The van der Waals surface area contributed by atoms with Gasteiger partial charge < -0.3 is 19.6 Å². The van der Waals surface area contributed by atoms with E-state index in [1.807, 2.05) is 0 Å². The number of nitrogens with one attached hydrogen (secondary N) is 2. The molecule has 0 radical (unpaired) electrons. The van der Waals surface area contributed by atoms with Crippen molar-refractivity contribution < 1.29 is 22.3 Å². The van der Waals surface area contributed by atoms with Gasteiger partial charge in [-0.1, -0.05) is 6.07 Å². The standard InChI is InChI=1S/C27H19F4N3O2/c1-34-10-9-17-19(13-33-26(17)27(34)35)18-12-16(32-14-20-21(29)3-2-4-22(20)30)6-8-24(18)36-25-7-5-15(28)11-23(25)31/h2-13,32-33H,14H2,1H3. The zero-order chi connectivity index (χ0) is 25.4. The van der Waals surface area contributed by atoms with Gasteiger partial charge in [-0.3, -0.25) is 4.79 Å². The molecule has 5 aromatic rings. The summed E-state index contributed by atoms with van der Waals surface area (Å²) in [5.74, 6) is -2.95. The van der Waals surface area contributed by atoms with E-state index in [2.05, 4.69) is 10.3 Å². The highest BCUT2D eigenvalue weighted by Crippen LogP contribution is 2.39. The van der Waals surface area contributed by atoms with Gasteiger partial charge >= 0.3 is 0 Å². The lowest BCUT2D eigenvalue weighted by Gasteiger charge is -2.15. The summed E-state index contributed by atoms with van der Waals surface area (Å²) in [6, 6.07) is 13.2. The summed E-state index contributed by atoms with van der Waals surface area (Å²) in [6.07, 6.45) is 3.24. The summed E-state index contributed by atoms with van der Waals surface area (Å²) in [7, 11) is 1.63. The molecule has 182 valence electrons. The highest BCUT2D eigenvalue weighted by Gasteiger charge is 2.17. The fourth-order valence-corrected chi connectivity index (χ4v) is 3.95. The number of halogens is 4. The minimum absolute atomic E-state index is 0.122. The van der Waals surface area contributed by atoms with Crippen LogP contribution in [0.15, 0.2) is 77.9 Å². The molecule has 3 aromatic carbocycles. The Hall–Kier alpha value is -4.53. The predicted octanol–water partition coefficient (Wildman–Crippen LogP) is 6.49. The molecular formula is C27H19F4N3O2. The van der Waals surface area contributed by atoms with Crippen LogP contribution in [0.1, 0.15) is 5.56 Å². The number of nitrogens with zero attached hydrogens (tertiary/aromatic N) is 1. The topological polar surface area (TPSA) is 59.1 Å². The van der Waals surface area contributed by atoms with E-state index in [-0.39, 0.29) is 29.2 Å². The van der Waals surface area contributed by atoms with E-state index in [9.17, 15) is 22.4 Å². The number of benzene rings is 3. The zero-order valence-corrected chi connectivity index (χ0v) is 18.9. The van der Waals surface area contributed by atoms with Crippen molar-refractivity contribution in [3.05, 3.63) is 112 Å². The summed E-state index contributed by atoms with van der Waals surface area (Å²) in [4.78, 5) is 15.5. The average molecular weight is 493 g/mol. The maximum absolute atomic E-state index is 14.3. The number of aryl methyl sites for hydroxylation is 1. The molecule has 0 aliphatic heterocycles.